The van der Waals surface area contributed by atoms with Gasteiger partial charge in [-0.3, -0.25) is 4.79 Å². The molecular formula is C13H26ClN3O. The maximum atomic E-state index is 12.6. The smallest absolute Gasteiger partial charge is 0.230 e. The number of nitrogens with two attached hydrogens (primary N) is 1. The predicted molar refractivity (Wildman–Crippen MR) is 75.9 cm³/mol. The Balaban J connectivity index is 0.00000162. The average molecular weight is 276 g/mol. The lowest BCUT2D eigenvalue weighted by Gasteiger charge is -2.31. The van der Waals surface area contributed by atoms with Crippen LogP contribution in [0.1, 0.15) is 32.1 Å². The van der Waals surface area contributed by atoms with Gasteiger partial charge in [0.05, 0.1) is 5.41 Å². The third-order valence-corrected chi connectivity index (χ3v) is 4.59. The van der Waals surface area contributed by atoms with Gasteiger partial charge < -0.3 is 15.5 Å². The molecule has 106 valence electrons. The van der Waals surface area contributed by atoms with Gasteiger partial charge in [0.25, 0.3) is 0 Å². The van der Waals surface area contributed by atoms with E-state index in [0.717, 1.165) is 45.2 Å². The van der Waals surface area contributed by atoms with Crippen molar-refractivity contribution < 1.29 is 4.79 Å². The van der Waals surface area contributed by atoms with Crippen molar-refractivity contribution in [3.05, 3.63) is 0 Å². The molecule has 1 atom stereocenters. The molecule has 1 saturated heterocycles. The zero-order valence-corrected chi connectivity index (χ0v) is 12.3. The summed E-state index contributed by atoms with van der Waals surface area (Å²) in [6, 6.07) is 0.523. The summed E-state index contributed by atoms with van der Waals surface area (Å²) >= 11 is 0. The highest BCUT2D eigenvalue weighted by Crippen LogP contribution is 2.39. The highest BCUT2D eigenvalue weighted by Gasteiger charge is 2.44. The van der Waals surface area contributed by atoms with E-state index in [2.05, 4.69) is 19.0 Å². The third-order valence-electron chi connectivity index (χ3n) is 4.59. The molecule has 4 nitrogen and oxygen atoms in total. The summed E-state index contributed by atoms with van der Waals surface area (Å²) in [5, 5.41) is 0. The van der Waals surface area contributed by atoms with E-state index in [9.17, 15) is 4.79 Å². The van der Waals surface area contributed by atoms with Crippen LogP contribution in [0.3, 0.4) is 0 Å². The molecule has 1 aliphatic carbocycles. The fourth-order valence-corrected chi connectivity index (χ4v) is 3.24. The van der Waals surface area contributed by atoms with Gasteiger partial charge in [-0.2, -0.15) is 0 Å². The molecule has 2 rings (SSSR count). The highest BCUT2D eigenvalue weighted by atomic mass is 35.5. The van der Waals surface area contributed by atoms with Gasteiger partial charge in [-0.05, 0) is 33.4 Å². The molecule has 1 amide bonds. The van der Waals surface area contributed by atoms with Crippen molar-refractivity contribution in [1.82, 2.24) is 9.80 Å². The minimum atomic E-state index is -0.221. The maximum Gasteiger partial charge on any atom is 0.230 e. The van der Waals surface area contributed by atoms with E-state index in [0.29, 0.717) is 18.5 Å². The van der Waals surface area contributed by atoms with E-state index in [1.165, 1.54) is 0 Å². The minimum Gasteiger partial charge on any atom is -0.341 e. The van der Waals surface area contributed by atoms with Crippen LogP contribution >= 0.6 is 12.4 Å². The fourth-order valence-electron chi connectivity index (χ4n) is 3.24. The second-order valence-corrected chi connectivity index (χ2v) is 5.85. The molecular weight excluding hydrogens is 250 g/mol. The monoisotopic (exact) mass is 275 g/mol. The summed E-state index contributed by atoms with van der Waals surface area (Å²) in [5.41, 5.74) is 5.65. The molecule has 1 heterocycles. The molecule has 0 aromatic heterocycles. The summed E-state index contributed by atoms with van der Waals surface area (Å²) in [6.07, 6.45) is 5.40. The molecule has 0 spiro atoms. The molecule has 0 bridgehead atoms. The van der Waals surface area contributed by atoms with Crippen LogP contribution in [0.5, 0.6) is 0 Å². The average Bonchev–Trinajstić information content (AvgIpc) is 2.98. The molecule has 1 unspecified atom stereocenters. The van der Waals surface area contributed by atoms with Crippen LogP contribution in [0, 0.1) is 5.41 Å². The molecule has 0 aromatic rings. The van der Waals surface area contributed by atoms with Crippen molar-refractivity contribution >= 4 is 18.3 Å². The molecule has 0 aromatic carbocycles. The Hall–Kier alpha value is -0.320. The zero-order chi connectivity index (χ0) is 12.5. The molecule has 5 heteroatoms. The van der Waals surface area contributed by atoms with E-state index in [-0.39, 0.29) is 17.8 Å². The van der Waals surface area contributed by atoms with Crippen molar-refractivity contribution in [2.24, 2.45) is 11.1 Å². The highest BCUT2D eigenvalue weighted by molar-refractivity contribution is 5.85. The van der Waals surface area contributed by atoms with Gasteiger partial charge in [-0.1, -0.05) is 12.8 Å². The number of carbonyl (C=O) groups is 1. The Kier molecular flexibility index (Phi) is 5.44. The van der Waals surface area contributed by atoms with Gasteiger partial charge in [0.15, 0.2) is 0 Å². The van der Waals surface area contributed by atoms with Crippen molar-refractivity contribution in [2.75, 3.05) is 33.7 Å². The first-order chi connectivity index (χ1) is 8.09. The number of hydrogen-bond acceptors (Lipinski definition) is 3. The van der Waals surface area contributed by atoms with Gasteiger partial charge in [-0.15, -0.1) is 12.4 Å². The molecule has 0 radical (unpaired) electrons. The molecule has 2 fully saturated rings. The molecule has 2 N–H and O–H groups in total. The summed E-state index contributed by atoms with van der Waals surface area (Å²) in [6.45, 7) is 2.31. The molecule has 18 heavy (non-hydrogen) atoms. The second-order valence-electron chi connectivity index (χ2n) is 5.85. The van der Waals surface area contributed by atoms with Gasteiger partial charge in [0.1, 0.15) is 0 Å². The normalized spacial score (nSPS) is 26.4. The zero-order valence-electron chi connectivity index (χ0n) is 11.5. The van der Waals surface area contributed by atoms with Crippen LogP contribution < -0.4 is 5.73 Å². The number of halogens is 1. The number of rotatable bonds is 3. The lowest BCUT2D eigenvalue weighted by molar-refractivity contribution is -0.140. The van der Waals surface area contributed by atoms with E-state index < -0.39 is 0 Å². The van der Waals surface area contributed by atoms with Gasteiger partial charge >= 0.3 is 0 Å². The van der Waals surface area contributed by atoms with Crippen molar-refractivity contribution in [3.8, 4) is 0 Å². The van der Waals surface area contributed by atoms with Gasteiger partial charge in [-0.25, -0.2) is 0 Å². The third kappa shape index (κ3) is 2.81. The number of likely N-dealkylation sites (tertiary alicyclic amines) is 1. The Morgan fingerprint density at radius 2 is 2.00 bits per heavy atom. The summed E-state index contributed by atoms with van der Waals surface area (Å²) in [4.78, 5) is 16.9. The van der Waals surface area contributed by atoms with E-state index in [4.69, 9.17) is 5.73 Å². The van der Waals surface area contributed by atoms with Crippen LogP contribution in [0.2, 0.25) is 0 Å². The first-order valence-corrected chi connectivity index (χ1v) is 6.75. The Morgan fingerprint density at radius 1 is 1.39 bits per heavy atom. The number of amides is 1. The molecule has 1 aliphatic heterocycles. The largest absolute Gasteiger partial charge is 0.341 e. The van der Waals surface area contributed by atoms with Crippen molar-refractivity contribution in [2.45, 2.75) is 38.1 Å². The van der Waals surface area contributed by atoms with Crippen LogP contribution in [0.15, 0.2) is 0 Å². The number of nitrogens with zero attached hydrogens (tertiary/aromatic N) is 2. The number of carbonyl (C=O) groups excluding carboxylic acids is 1. The fraction of sp³-hybridized carbons (Fsp3) is 0.923. The van der Waals surface area contributed by atoms with Crippen LogP contribution in [-0.2, 0) is 4.79 Å². The number of hydrogen-bond donors (Lipinski definition) is 1. The van der Waals surface area contributed by atoms with Crippen molar-refractivity contribution in [3.63, 3.8) is 0 Å². The van der Waals surface area contributed by atoms with Crippen LogP contribution in [0.4, 0.5) is 0 Å². The SMILES string of the molecule is CN(C)C1CCN(C(=O)C2(CN)CCCC2)C1.Cl. The summed E-state index contributed by atoms with van der Waals surface area (Å²) < 4.78 is 0. The number of likely N-dealkylation sites (N-methyl/N-ethyl adjacent to an activating group) is 1. The Morgan fingerprint density at radius 3 is 2.44 bits per heavy atom. The first-order valence-electron chi connectivity index (χ1n) is 6.75. The first kappa shape index (κ1) is 15.7. The lowest BCUT2D eigenvalue weighted by atomic mass is 9.85. The molecule has 1 saturated carbocycles. The topological polar surface area (TPSA) is 49.6 Å². The minimum absolute atomic E-state index is 0. The predicted octanol–water partition coefficient (Wildman–Crippen LogP) is 1.09. The summed E-state index contributed by atoms with van der Waals surface area (Å²) in [7, 11) is 4.18. The van der Waals surface area contributed by atoms with Gasteiger partial charge in [0.2, 0.25) is 5.91 Å². The van der Waals surface area contributed by atoms with E-state index in [1.54, 1.807) is 0 Å². The van der Waals surface area contributed by atoms with Crippen molar-refractivity contribution in [1.29, 1.82) is 0 Å². The second kappa shape index (κ2) is 6.22. The van der Waals surface area contributed by atoms with E-state index in [1.807, 2.05) is 4.90 Å². The Labute approximate surface area is 116 Å². The Bertz CT molecular complexity index is 290. The maximum absolute atomic E-state index is 12.6. The quantitative estimate of drug-likeness (QED) is 0.839. The summed E-state index contributed by atoms with van der Waals surface area (Å²) in [5.74, 6) is 0.321. The molecule has 2 aliphatic rings. The van der Waals surface area contributed by atoms with Crippen LogP contribution in [-0.4, -0.2) is 55.5 Å². The van der Waals surface area contributed by atoms with Crippen LogP contribution in [0.25, 0.3) is 0 Å². The lowest BCUT2D eigenvalue weighted by Crippen LogP contribution is -2.46. The standard InChI is InChI=1S/C13H25N3O.ClH/c1-15(2)11-5-8-16(9-11)12(17)13(10-14)6-3-4-7-13;/h11H,3-10,14H2,1-2H3;1H. The van der Waals surface area contributed by atoms with E-state index >= 15 is 0 Å². The van der Waals surface area contributed by atoms with Gasteiger partial charge in [0, 0.05) is 25.7 Å².